The molecule has 3 heteroatoms. The predicted molar refractivity (Wildman–Crippen MR) is 78.8 cm³/mol. The van der Waals surface area contributed by atoms with Gasteiger partial charge in [-0.25, -0.2) is 0 Å². The molecule has 20 heavy (non-hydrogen) atoms. The molecule has 106 valence electrons. The Bertz CT molecular complexity index is 603. The Hall–Kier alpha value is -1.74. The Kier molecular flexibility index (Phi) is 3.53. The van der Waals surface area contributed by atoms with E-state index in [0.717, 1.165) is 30.6 Å². The van der Waals surface area contributed by atoms with Crippen LogP contribution >= 0.6 is 0 Å². The van der Waals surface area contributed by atoms with Crippen LogP contribution in [0.25, 0.3) is 0 Å². The Balaban J connectivity index is 1.80. The number of aryl methyl sites for hydroxylation is 2. The summed E-state index contributed by atoms with van der Waals surface area (Å²) in [4.78, 5) is 0. The third-order valence-electron chi connectivity index (χ3n) is 4.15. The number of phenols is 1. The van der Waals surface area contributed by atoms with Crippen molar-refractivity contribution in [3.05, 3.63) is 53.0 Å². The zero-order valence-corrected chi connectivity index (χ0v) is 12.0. The maximum absolute atomic E-state index is 10.0. The highest BCUT2D eigenvalue weighted by atomic mass is 16.3. The molecule has 0 saturated heterocycles. The van der Waals surface area contributed by atoms with Crippen LogP contribution in [0.15, 0.2) is 34.9 Å². The van der Waals surface area contributed by atoms with Crippen molar-refractivity contribution in [2.75, 3.05) is 0 Å². The lowest BCUT2D eigenvalue weighted by molar-refractivity contribution is 0.378. The summed E-state index contributed by atoms with van der Waals surface area (Å²) in [5, 5.41) is 13.7. The average molecular weight is 271 g/mol. The van der Waals surface area contributed by atoms with Crippen LogP contribution in [-0.2, 0) is 6.42 Å². The second-order valence-electron chi connectivity index (χ2n) is 5.69. The highest BCUT2D eigenvalue weighted by Crippen LogP contribution is 2.34. The van der Waals surface area contributed by atoms with Gasteiger partial charge in [0.2, 0.25) is 0 Å². The molecule has 0 radical (unpaired) electrons. The Labute approximate surface area is 119 Å². The van der Waals surface area contributed by atoms with Crippen LogP contribution < -0.4 is 5.32 Å². The van der Waals surface area contributed by atoms with Crippen molar-refractivity contribution in [2.24, 2.45) is 0 Å². The number of phenolic OH excluding ortho intramolecular Hbond substituents is 1. The van der Waals surface area contributed by atoms with E-state index in [9.17, 15) is 5.11 Å². The molecule has 0 amide bonds. The van der Waals surface area contributed by atoms with Crippen molar-refractivity contribution in [2.45, 2.75) is 45.2 Å². The van der Waals surface area contributed by atoms with E-state index in [4.69, 9.17) is 4.42 Å². The number of benzene rings is 1. The van der Waals surface area contributed by atoms with E-state index in [1.807, 2.05) is 19.1 Å². The lowest BCUT2D eigenvalue weighted by Crippen LogP contribution is -2.27. The summed E-state index contributed by atoms with van der Waals surface area (Å²) in [7, 11) is 0. The van der Waals surface area contributed by atoms with Crippen molar-refractivity contribution >= 4 is 0 Å². The van der Waals surface area contributed by atoms with Crippen molar-refractivity contribution in [3.63, 3.8) is 0 Å². The number of hydrogen-bond donors (Lipinski definition) is 2. The summed E-state index contributed by atoms with van der Waals surface area (Å²) in [6.07, 6.45) is 5.07. The van der Waals surface area contributed by atoms with Crippen molar-refractivity contribution in [1.29, 1.82) is 0 Å². The minimum Gasteiger partial charge on any atom is -0.508 e. The third kappa shape index (κ3) is 2.46. The largest absolute Gasteiger partial charge is 0.508 e. The lowest BCUT2D eigenvalue weighted by atomic mass is 9.92. The van der Waals surface area contributed by atoms with Gasteiger partial charge in [0.05, 0.1) is 6.26 Å². The average Bonchev–Trinajstić information content (AvgIpc) is 2.91. The number of furan rings is 1. The van der Waals surface area contributed by atoms with E-state index in [0.29, 0.717) is 11.8 Å². The molecule has 0 bridgehead atoms. The van der Waals surface area contributed by atoms with E-state index >= 15 is 0 Å². The molecule has 1 aliphatic carbocycles. The molecule has 3 rings (SSSR count). The van der Waals surface area contributed by atoms with Gasteiger partial charge in [0.25, 0.3) is 0 Å². The van der Waals surface area contributed by atoms with Gasteiger partial charge >= 0.3 is 0 Å². The van der Waals surface area contributed by atoms with Crippen molar-refractivity contribution in [1.82, 2.24) is 5.32 Å². The third-order valence-corrected chi connectivity index (χ3v) is 4.15. The fraction of sp³-hybridized carbons (Fsp3) is 0.412. The Morgan fingerprint density at radius 1 is 1.35 bits per heavy atom. The molecule has 1 aliphatic rings. The van der Waals surface area contributed by atoms with Gasteiger partial charge in [0.15, 0.2) is 0 Å². The first-order valence-corrected chi connectivity index (χ1v) is 7.27. The molecule has 0 saturated carbocycles. The molecular weight excluding hydrogens is 250 g/mol. The van der Waals surface area contributed by atoms with E-state index in [1.165, 1.54) is 11.1 Å². The zero-order valence-electron chi connectivity index (χ0n) is 12.0. The number of nitrogens with one attached hydrogen (secondary N) is 1. The smallest absolute Gasteiger partial charge is 0.120 e. The summed E-state index contributed by atoms with van der Waals surface area (Å²) in [6, 6.07) is 8.24. The summed E-state index contributed by atoms with van der Waals surface area (Å²) < 4.78 is 5.53. The minimum absolute atomic E-state index is 0.112. The van der Waals surface area contributed by atoms with E-state index in [1.54, 1.807) is 12.3 Å². The van der Waals surface area contributed by atoms with E-state index in [-0.39, 0.29) is 6.04 Å². The van der Waals surface area contributed by atoms with Gasteiger partial charge < -0.3 is 14.8 Å². The van der Waals surface area contributed by atoms with Gasteiger partial charge in [0, 0.05) is 29.6 Å². The molecule has 2 N–H and O–H groups in total. The maximum atomic E-state index is 10.0. The molecule has 2 atom stereocenters. The van der Waals surface area contributed by atoms with Gasteiger partial charge in [0.1, 0.15) is 11.5 Å². The molecule has 0 fully saturated rings. The highest BCUT2D eigenvalue weighted by Gasteiger charge is 2.24. The zero-order chi connectivity index (χ0) is 14.1. The quantitative estimate of drug-likeness (QED) is 0.886. The first kappa shape index (κ1) is 13.3. The van der Waals surface area contributed by atoms with Crippen LogP contribution in [0.3, 0.4) is 0 Å². The number of aromatic hydroxyl groups is 1. The molecule has 2 aromatic rings. The first-order chi connectivity index (χ1) is 9.65. The summed E-state index contributed by atoms with van der Waals surface area (Å²) in [5.74, 6) is 1.47. The summed E-state index contributed by atoms with van der Waals surface area (Å²) in [5.41, 5.74) is 3.40. The maximum Gasteiger partial charge on any atom is 0.120 e. The van der Waals surface area contributed by atoms with Crippen molar-refractivity contribution in [3.8, 4) is 5.75 Å². The molecule has 0 aliphatic heterocycles. The van der Waals surface area contributed by atoms with Crippen LogP contribution in [0.4, 0.5) is 0 Å². The normalized spacial score (nSPS) is 19.6. The second-order valence-corrected chi connectivity index (χ2v) is 5.69. The van der Waals surface area contributed by atoms with Crippen LogP contribution in [-0.4, -0.2) is 5.11 Å². The van der Waals surface area contributed by atoms with E-state index in [2.05, 4.69) is 18.3 Å². The van der Waals surface area contributed by atoms with Crippen LogP contribution in [0.2, 0.25) is 0 Å². The minimum atomic E-state index is 0.112. The fourth-order valence-corrected chi connectivity index (χ4v) is 3.07. The summed E-state index contributed by atoms with van der Waals surface area (Å²) in [6.45, 7) is 4.15. The highest BCUT2D eigenvalue weighted by molar-refractivity contribution is 5.38. The molecule has 1 heterocycles. The number of hydrogen-bond acceptors (Lipinski definition) is 3. The molecule has 2 unspecified atom stereocenters. The van der Waals surface area contributed by atoms with E-state index < -0.39 is 0 Å². The van der Waals surface area contributed by atoms with Gasteiger partial charge in [-0.05, 0) is 38.8 Å². The molecular formula is C17H21NO2. The molecule has 1 aromatic heterocycles. The van der Waals surface area contributed by atoms with Gasteiger partial charge in [-0.2, -0.15) is 0 Å². The Morgan fingerprint density at radius 3 is 3.05 bits per heavy atom. The fourth-order valence-electron chi connectivity index (χ4n) is 3.07. The summed E-state index contributed by atoms with van der Waals surface area (Å²) >= 11 is 0. The Morgan fingerprint density at radius 2 is 2.20 bits per heavy atom. The van der Waals surface area contributed by atoms with Gasteiger partial charge in [-0.15, -0.1) is 0 Å². The SMILES string of the molecule is Cc1ccc(O)c(C(C)NC2CCCc3occc32)c1. The molecule has 3 nitrogen and oxygen atoms in total. The standard InChI is InChI=1S/C17H21NO2/c1-11-6-7-16(19)14(10-11)12(2)18-15-4-3-5-17-13(15)8-9-20-17/h6-10,12,15,18-19H,3-5H2,1-2H3. The monoisotopic (exact) mass is 271 g/mol. The first-order valence-electron chi connectivity index (χ1n) is 7.27. The number of fused-ring (bicyclic) bond motifs is 1. The van der Waals surface area contributed by atoms with Crippen LogP contribution in [0, 0.1) is 6.92 Å². The van der Waals surface area contributed by atoms with Gasteiger partial charge in [-0.3, -0.25) is 0 Å². The van der Waals surface area contributed by atoms with Gasteiger partial charge in [-0.1, -0.05) is 17.7 Å². The lowest BCUT2D eigenvalue weighted by Gasteiger charge is -2.27. The van der Waals surface area contributed by atoms with Crippen LogP contribution in [0.1, 0.15) is 54.3 Å². The molecule has 0 spiro atoms. The van der Waals surface area contributed by atoms with Crippen molar-refractivity contribution < 1.29 is 9.52 Å². The topological polar surface area (TPSA) is 45.4 Å². The predicted octanol–water partition coefficient (Wildman–Crippen LogP) is 4.02. The molecule has 1 aromatic carbocycles. The van der Waals surface area contributed by atoms with Crippen LogP contribution in [0.5, 0.6) is 5.75 Å². The number of rotatable bonds is 3. The second kappa shape index (κ2) is 5.33.